The van der Waals surface area contributed by atoms with E-state index >= 15 is 0 Å². The smallest absolute Gasteiger partial charge is 0.203 e. The molecule has 0 radical (unpaired) electrons. The van der Waals surface area contributed by atoms with Crippen LogP contribution in [0.25, 0.3) is 5.65 Å². The van der Waals surface area contributed by atoms with E-state index < -0.39 is 0 Å². The van der Waals surface area contributed by atoms with Crippen molar-refractivity contribution >= 4 is 11.5 Å². The standard InChI is InChI=1S/C14H19N5O2/c1-18(12-13-17-16-10-19(13)7-6-15-12)11-2-4-14(5-3-11)20-8-9-21-14/h6-7,10-11H,2-5,8-9H2,1H3. The summed E-state index contributed by atoms with van der Waals surface area (Å²) in [5, 5.41) is 8.12. The number of fused-ring (bicyclic) bond motifs is 1. The molecule has 4 rings (SSSR count). The highest BCUT2D eigenvalue weighted by molar-refractivity contribution is 5.63. The lowest BCUT2D eigenvalue weighted by Crippen LogP contribution is -2.43. The van der Waals surface area contributed by atoms with Crippen LogP contribution in [0.2, 0.25) is 0 Å². The maximum absolute atomic E-state index is 5.79. The molecular formula is C14H19N5O2. The van der Waals surface area contributed by atoms with Gasteiger partial charge in [0.15, 0.2) is 11.6 Å². The summed E-state index contributed by atoms with van der Waals surface area (Å²) < 4.78 is 13.5. The molecule has 0 atom stereocenters. The fraction of sp³-hybridized carbons (Fsp3) is 0.643. The molecule has 2 fully saturated rings. The van der Waals surface area contributed by atoms with Crippen LogP contribution in [0.15, 0.2) is 18.7 Å². The summed E-state index contributed by atoms with van der Waals surface area (Å²) in [6.45, 7) is 1.45. The highest BCUT2D eigenvalue weighted by atomic mass is 16.7. The van der Waals surface area contributed by atoms with Gasteiger partial charge in [0.25, 0.3) is 0 Å². The highest BCUT2D eigenvalue weighted by Gasteiger charge is 2.41. The molecule has 1 saturated carbocycles. The second-order valence-electron chi connectivity index (χ2n) is 5.76. The number of rotatable bonds is 2. The number of anilines is 1. The molecule has 1 saturated heterocycles. The number of aromatic nitrogens is 4. The minimum Gasteiger partial charge on any atom is -0.354 e. The average Bonchev–Trinajstić information content (AvgIpc) is 3.16. The van der Waals surface area contributed by atoms with E-state index in [0.29, 0.717) is 6.04 Å². The molecule has 1 aliphatic heterocycles. The average molecular weight is 289 g/mol. The van der Waals surface area contributed by atoms with Crippen molar-refractivity contribution in [2.45, 2.75) is 37.5 Å². The maximum atomic E-state index is 5.79. The van der Waals surface area contributed by atoms with Gasteiger partial charge in [-0.05, 0) is 12.8 Å². The van der Waals surface area contributed by atoms with Crippen molar-refractivity contribution in [3.05, 3.63) is 18.7 Å². The maximum Gasteiger partial charge on any atom is 0.203 e. The van der Waals surface area contributed by atoms with Crippen LogP contribution in [0.5, 0.6) is 0 Å². The largest absolute Gasteiger partial charge is 0.354 e. The molecule has 2 aromatic rings. The van der Waals surface area contributed by atoms with Gasteiger partial charge in [-0.3, -0.25) is 4.40 Å². The van der Waals surface area contributed by atoms with Crippen LogP contribution >= 0.6 is 0 Å². The van der Waals surface area contributed by atoms with E-state index in [2.05, 4.69) is 27.1 Å². The van der Waals surface area contributed by atoms with Crippen molar-refractivity contribution in [2.75, 3.05) is 25.2 Å². The first-order valence-corrected chi connectivity index (χ1v) is 7.43. The van der Waals surface area contributed by atoms with E-state index in [1.807, 2.05) is 10.6 Å². The van der Waals surface area contributed by atoms with Crippen LogP contribution in [0.1, 0.15) is 25.7 Å². The molecule has 7 nitrogen and oxygen atoms in total. The number of hydrogen-bond acceptors (Lipinski definition) is 6. The van der Waals surface area contributed by atoms with Gasteiger partial charge in [-0.1, -0.05) is 0 Å². The Morgan fingerprint density at radius 3 is 2.81 bits per heavy atom. The van der Waals surface area contributed by atoms with Gasteiger partial charge in [0.1, 0.15) is 6.33 Å². The summed E-state index contributed by atoms with van der Waals surface area (Å²) >= 11 is 0. The summed E-state index contributed by atoms with van der Waals surface area (Å²) in [5.74, 6) is 0.565. The number of ether oxygens (including phenoxy) is 2. The van der Waals surface area contributed by atoms with Gasteiger partial charge in [0.2, 0.25) is 5.65 Å². The fourth-order valence-electron chi connectivity index (χ4n) is 3.38. The summed E-state index contributed by atoms with van der Waals surface area (Å²) in [7, 11) is 2.08. The van der Waals surface area contributed by atoms with E-state index in [0.717, 1.165) is 50.4 Å². The number of nitrogens with zero attached hydrogens (tertiary/aromatic N) is 5. The van der Waals surface area contributed by atoms with Crippen LogP contribution in [0.4, 0.5) is 5.82 Å². The third kappa shape index (κ3) is 2.16. The molecule has 7 heteroatoms. The van der Waals surface area contributed by atoms with Crippen LogP contribution in [-0.4, -0.2) is 51.7 Å². The first-order valence-electron chi connectivity index (χ1n) is 7.43. The molecule has 0 unspecified atom stereocenters. The van der Waals surface area contributed by atoms with Gasteiger partial charge in [-0.2, -0.15) is 0 Å². The molecular weight excluding hydrogens is 270 g/mol. The predicted molar refractivity (Wildman–Crippen MR) is 76.1 cm³/mol. The van der Waals surface area contributed by atoms with Crippen LogP contribution < -0.4 is 4.90 Å². The van der Waals surface area contributed by atoms with Crippen molar-refractivity contribution in [1.29, 1.82) is 0 Å². The zero-order valence-electron chi connectivity index (χ0n) is 12.1. The Hall–Kier alpha value is -1.73. The van der Waals surface area contributed by atoms with Crippen molar-refractivity contribution in [1.82, 2.24) is 19.6 Å². The molecule has 21 heavy (non-hydrogen) atoms. The second-order valence-corrected chi connectivity index (χ2v) is 5.76. The zero-order valence-corrected chi connectivity index (χ0v) is 12.1. The van der Waals surface area contributed by atoms with Crippen molar-refractivity contribution < 1.29 is 9.47 Å². The topological polar surface area (TPSA) is 64.8 Å². The third-order valence-electron chi connectivity index (χ3n) is 4.61. The first-order chi connectivity index (χ1) is 10.3. The van der Waals surface area contributed by atoms with Gasteiger partial charge in [0.05, 0.1) is 13.2 Å². The number of hydrogen-bond donors (Lipinski definition) is 0. The Morgan fingerprint density at radius 1 is 1.29 bits per heavy atom. The molecule has 2 aromatic heterocycles. The van der Waals surface area contributed by atoms with Crippen LogP contribution in [-0.2, 0) is 9.47 Å². The minimum absolute atomic E-state index is 0.314. The Kier molecular flexibility index (Phi) is 3.04. The van der Waals surface area contributed by atoms with Gasteiger partial charge in [-0.15, -0.1) is 10.2 Å². The van der Waals surface area contributed by atoms with Crippen molar-refractivity contribution in [2.24, 2.45) is 0 Å². The Balaban J connectivity index is 1.53. The quantitative estimate of drug-likeness (QED) is 0.829. The van der Waals surface area contributed by atoms with Gasteiger partial charge in [-0.25, -0.2) is 4.98 Å². The van der Waals surface area contributed by atoms with Gasteiger partial charge >= 0.3 is 0 Å². The molecule has 0 aromatic carbocycles. The monoisotopic (exact) mass is 289 g/mol. The van der Waals surface area contributed by atoms with E-state index in [4.69, 9.17) is 9.47 Å². The lowest BCUT2D eigenvalue weighted by Gasteiger charge is -2.39. The summed E-state index contributed by atoms with van der Waals surface area (Å²) in [6, 6.07) is 0.429. The SMILES string of the molecule is CN(c1nccn2cnnc12)C1CCC2(CC1)OCCO2. The molecule has 112 valence electrons. The lowest BCUT2D eigenvalue weighted by atomic mass is 9.89. The minimum atomic E-state index is -0.314. The van der Waals surface area contributed by atoms with E-state index in [-0.39, 0.29) is 5.79 Å². The molecule has 3 heterocycles. The van der Waals surface area contributed by atoms with Gasteiger partial charge < -0.3 is 14.4 Å². The molecule has 2 aliphatic rings. The normalized spacial score (nSPS) is 22.1. The van der Waals surface area contributed by atoms with E-state index in [1.165, 1.54) is 0 Å². The summed E-state index contributed by atoms with van der Waals surface area (Å²) in [5.41, 5.74) is 0.800. The van der Waals surface area contributed by atoms with Crippen LogP contribution in [0.3, 0.4) is 0 Å². The predicted octanol–water partition coefficient (Wildman–Crippen LogP) is 1.25. The third-order valence-corrected chi connectivity index (χ3v) is 4.61. The Morgan fingerprint density at radius 2 is 2.05 bits per heavy atom. The molecule has 0 N–H and O–H groups in total. The van der Waals surface area contributed by atoms with Gasteiger partial charge in [0, 0.05) is 38.3 Å². The summed E-state index contributed by atoms with van der Waals surface area (Å²) in [4.78, 5) is 6.70. The van der Waals surface area contributed by atoms with E-state index in [1.54, 1.807) is 12.5 Å². The molecule has 0 amide bonds. The molecule has 1 aliphatic carbocycles. The van der Waals surface area contributed by atoms with E-state index in [9.17, 15) is 0 Å². The fourth-order valence-corrected chi connectivity index (χ4v) is 3.38. The zero-order chi connectivity index (χ0) is 14.3. The van der Waals surface area contributed by atoms with Crippen LogP contribution in [0, 0.1) is 0 Å². The first kappa shape index (κ1) is 13.0. The molecule has 0 bridgehead atoms. The second kappa shape index (κ2) is 4.92. The Bertz CT molecular complexity index is 627. The molecule has 1 spiro atoms. The summed E-state index contributed by atoms with van der Waals surface area (Å²) in [6.07, 6.45) is 9.30. The highest BCUT2D eigenvalue weighted by Crippen LogP contribution is 2.38. The lowest BCUT2D eigenvalue weighted by molar-refractivity contribution is -0.178. The van der Waals surface area contributed by atoms with Crippen molar-refractivity contribution in [3.63, 3.8) is 0 Å². The van der Waals surface area contributed by atoms with Crippen molar-refractivity contribution in [3.8, 4) is 0 Å². The Labute approximate surface area is 122 Å².